The average Bonchev–Trinajstić information content (AvgIpc) is 3.19. The summed E-state index contributed by atoms with van der Waals surface area (Å²) < 4.78 is 6.89. The molecule has 2 unspecified atom stereocenters. The second kappa shape index (κ2) is 5.37. The Hall–Kier alpha value is -2.29. The van der Waals surface area contributed by atoms with Crippen molar-refractivity contribution >= 4 is 11.9 Å². The van der Waals surface area contributed by atoms with Gasteiger partial charge >= 0.3 is 6.01 Å². The van der Waals surface area contributed by atoms with Gasteiger partial charge in [-0.05, 0) is 26.3 Å². The number of amides is 1. The number of aromatic nitrogens is 5. The fraction of sp³-hybridized carbons (Fsp3) is 0.545. The van der Waals surface area contributed by atoms with Crippen LogP contribution >= 0.6 is 0 Å². The largest absolute Gasteiger partial charge is 0.406 e. The number of carbonyl (C=O) groups excluding carboxylic acids is 1. The van der Waals surface area contributed by atoms with Gasteiger partial charge < -0.3 is 9.73 Å². The molecule has 3 rings (SSSR count). The summed E-state index contributed by atoms with van der Waals surface area (Å²) in [4.78, 5) is 15.8. The molecule has 0 radical (unpaired) electrons. The Morgan fingerprint density at radius 3 is 3.20 bits per heavy atom. The average molecular weight is 277 g/mol. The minimum absolute atomic E-state index is 0.0842. The smallest absolute Gasteiger partial charge is 0.322 e. The highest BCUT2D eigenvalue weighted by molar-refractivity contribution is 5.91. The molecule has 2 N–H and O–H groups in total. The summed E-state index contributed by atoms with van der Waals surface area (Å²) >= 11 is 0. The number of nitrogens with zero attached hydrogens (tertiary/aromatic N) is 5. The lowest BCUT2D eigenvalue weighted by Crippen LogP contribution is -2.24. The first-order valence-corrected chi connectivity index (χ1v) is 6.46. The van der Waals surface area contributed by atoms with Gasteiger partial charge in [0.1, 0.15) is 18.7 Å². The molecule has 2 aromatic rings. The first kappa shape index (κ1) is 12.7. The molecule has 9 nitrogen and oxygen atoms in total. The topological polar surface area (TPSA) is 111 Å². The minimum Gasteiger partial charge on any atom is -0.406 e. The van der Waals surface area contributed by atoms with Crippen molar-refractivity contribution in [3.8, 4) is 0 Å². The van der Waals surface area contributed by atoms with Crippen LogP contribution in [-0.4, -0.2) is 37.4 Å². The van der Waals surface area contributed by atoms with Gasteiger partial charge in [0.2, 0.25) is 5.89 Å². The summed E-state index contributed by atoms with van der Waals surface area (Å²) in [5.74, 6) is 0.219. The lowest BCUT2D eigenvalue weighted by molar-refractivity contribution is -0.119. The van der Waals surface area contributed by atoms with Gasteiger partial charge in [0.05, 0.1) is 6.04 Å². The first-order chi connectivity index (χ1) is 9.74. The van der Waals surface area contributed by atoms with Gasteiger partial charge in [-0.25, -0.2) is 9.67 Å². The van der Waals surface area contributed by atoms with Crippen LogP contribution in [0.2, 0.25) is 0 Å². The van der Waals surface area contributed by atoms with Gasteiger partial charge in [0, 0.05) is 0 Å². The van der Waals surface area contributed by atoms with Crippen LogP contribution in [-0.2, 0) is 4.79 Å². The van der Waals surface area contributed by atoms with Crippen LogP contribution in [0.4, 0.5) is 6.01 Å². The van der Waals surface area contributed by atoms with Crippen molar-refractivity contribution in [2.75, 3.05) is 11.9 Å². The molecule has 1 fully saturated rings. The van der Waals surface area contributed by atoms with Crippen LogP contribution in [0.3, 0.4) is 0 Å². The fourth-order valence-corrected chi connectivity index (χ4v) is 2.07. The third-order valence-electron chi connectivity index (χ3n) is 3.24. The number of nitrogens with one attached hydrogen (secondary N) is 2. The molecule has 3 heterocycles. The van der Waals surface area contributed by atoms with E-state index in [-0.39, 0.29) is 18.0 Å². The summed E-state index contributed by atoms with van der Waals surface area (Å²) in [6.07, 6.45) is 4.90. The van der Waals surface area contributed by atoms with Crippen molar-refractivity contribution < 1.29 is 9.21 Å². The van der Waals surface area contributed by atoms with E-state index in [1.54, 1.807) is 6.92 Å². The lowest BCUT2D eigenvalue weighted by Gasteiger charge is -2.09. The van der Waals surface area contributed by atoms with Gasteiger partial charge in [-0.2, -0.15) is 5.10 Å². The molecule has 0 aliphatic carbocycles. The lowest BCUT2D eigenvalue weighted by atomic mass is 10.2. The minimum atomic E-state index is -0.502. The standard InChI is InChI=1S/C11H15N7O2/c1-7(18-6-12-5-14-18)9(19)15-11-17-16-10(20-11)8-3-2-4-13-8/h5-8,13H,2-4H2,1H3,(H,15,17,19). The van der Waals surface area contributed by atoms with Crippen molar-refractivity contribution in [2.24, 2.45) is 0 Å². The Labute approximate surface area is 114 Å². The maximum absolute atomic E-state index is 12.0. The van der Waals surface area contributed by atoms with E-state index in [4.69, 9.17) is 4.42 Å². The zero-order valence-electron chi connectivity index (χ0n) is 11.0. The summed E-state index contributed by atoms with van der Waals surface area (Å²) in [7, 11) is 0. The zero-order valence-corrected chi connectivity index (χ0v) is 11.0. The van der Waals surface area contributed by atoms with E-state index in [1.165, 1.54) is 17.3 Å². The van der Waals surface area contributed by atoms with E-state index >= 15 is 0 Å². The molecule has 2 atom stereocenters. The molecule has 1 aliphatic heterocycles. The number of hydrogen-bond donors (Lipinski definition) is 2. The summed E-state index contributed by atoms with van der Waals surface area (Å²) in [5.41, 5.74) is 0. The Bertz CT molecular complexity index is 573. The highest BCUT2D eigenvalue weighted by atomic mass is 16.4. The highest BCUT2D eigenvalue weighted by Crippen LogP contribution is 2.23. The molecule has 1 aliphatic rings. The number of anilines is 1. The predicted molar refractivity (Wildman–Crippen MR) is 67.6 cm³/mol. The van der Waals surface area contributed by atoms with Crippen molar-refractivity contribution in [3.05, 3.63) is 18.5 Å². The van der Waals surface area contributed by atoms with Gasteiger partial charge in [0.25, 0.3) is 5.91 Å². The van der Waals surface area contributed by atoms with Crippen LogP contribution < -0.4 is 10.6 Å². The van der Waals surface area contributed by atoms with Crippen molar-refractivity contribution in [3.63, 3.8) is 0 Å². The monoisotopic (exact) mass is 277 g/mol. The summed E-state index contributed by atoms with van der Waals surface area (Å²) in [6, 6.07) is -0.316. The molecule has 0 bridgehead atoms. The maximum Gasteiger partial charge on any atom is 0.322 e. The Kier molecular flexibility index (Phi) is 3.42. The van der Waals surface area contributed by atoms with E-state index in [0.29, 0.717) is 5.89 Å². The molecular formula is C11H15N7O2. The molecule has 1 saturated heterocycles. The van der Waals surface area contributed by atoms with Crippen LogP contribution in [0.5, 0.6) is 0 Å². The van der Waals surface area contributed by atoms with E-state index in [1.807, 2.05) is 0 Å². The molecular weight excluding hydrogens is 262 g/mol. The molecule has 0 saturated carbocycles. The number of hydrogen-bond acceptors (Lipinski definition) is 7. The molecule has 106 valence electrons. The van der Waals surface area contributed by atoms with Crippen LogP contribution in [0, 0.1) is 0 Å². The number of rotatable bonds is 4. The second-order valence-corrected chi connectivity index (χ2v) is 4.64. The molecule has 0 spiro atoms. The van der Waals surface area contributed by atoms with Crippen molar-refractivity contribution in [1.82, 2.24) is 30.3 Å². The van der Waals surface area contributed by atoms with Gasteiger partial charge in [-0.1, -0.05) is 5.10 Å². The molecule has 9 heteroatoms. The van der Waals surface area contributed by atoms with E-state index in [0.717, 1.165) is 19.4 Å². The quantitative estimate of drug-likeness (QED) is 0.825. The predicted octanol–water partition coefficient (Wildman–Crippen LogP) is 0.285. The Morgan fingerprint density at radius 1 is 1.60 bits per heavy atom. The van der Waals surface area contributed by atoms with E-state index < -0.39 is 6.04 Å². The maximum atomic E-state index is 12.0. The van der Waals surface area contributed by atoms with E-state index in [2.05, 4.69) is 30.9 Å². The fourth-order valence-electron chi connectivity index (χ4n) is 2.07. The second-order valence-electron chi connectivity index (χ2n) is 4.64. The van der Waals surface area contributed by atoms with Crippen molar-refractivity contribution in [1.29, 1.82) is 0 Å². The van der Waals surface area contributed by atoms with Crippen LogP contribution in [0.25, 0.3) is 0 Å². The van der Waals surface area contributed by atoms with E-state index in [9.17, 15) is 4.79 Å². The Balaban J connectivity index is 1.64. The SMILES string of the molecule is CC(C(=O)Nc1nnc(C2CCCN2)o1)n1cncn1. The number of carbonyl (C=O) groups is 1. The molecule has 0 aromatic carbocycles. The first-order valence-electron chi connectivity index (χ1n) is 6.46. The summed E-state index contributed by atoms with van der Waals surface area (Å²) in [5, 5.41) is 17.5. The van der Waals surface area contributed by atoms with Crippen LogP contribution in [0.1, 0.15) is 37.7 Å². The molecule has 2 aromatic heterocycles. The molecule has 1 amide bonds. The van der Waals surface area contributed by atoms with Gasteiger partial charge in [-0.3, -0.25) is 10.1 Å². The highest BCUT2D eigenvalue weighted by Gasteiger charge is 2.23. The third-order valence-corrected chi connectivity index (χ3v) is 3.24. The Morgan fingerprint density at radius 2 is 2.50 bits per heavy atom. The third kappa shape index (κ3) is 2.52. The zero-order chi connectivity index (χ0) is 13.9. The van der Waals surface area contributed by atoms with Crippen molar-refractivity contribution in [2.45, 2.75) is 31.8 Å². The normalized spacial score (nSPS) is 19.9. The molecule has 20 heavy (non-hydrogen) atoms. The van der Waals surface area contributed by atoms with Gasteiger partial charge in [-0.15, -0.1) is 5.10 Å². The summed E-state index contributed by atoms with van der Waals surface area (Å²) in [6.45, 7) is 2.65. The van der Waals surface area contributed by atoms with Gasteiger partial charge in [0.15, 0.2) is 0 Å². The van der Waals surface area contributed by atoms with Crippen LogP contribution in [0.15, 0.2) is 17.1 Å².